The van der Waals surface area contributed by atoms with Gasteiger partial charge in [-0.2, -0.15) is 0 Å². The van der Waals surface area contributed by atoms with Crippen LogP contribution in [-0.2, 0) is 16.8 Å². The van der Waals surface area contributed by atoms with Crippen molar-refractivity contribution < 1.29 is 14.6 Å². The van der Waals surface area contributed by atoms with Gasteiger partial charge in [0.25, 0.3) is 0 Å². The van der Waals surface area contributed by atoms with Gasteiger partial charge in [0.2, 0.25) is 0 Å². The molecule has 26 heavy (non-hydrogen) atoms. The van der Waals surface area contributed by atoms with Crippen molar-refractivity contribution in [1.82, 2.24) is 0 Å². The molecule has 0 aliphatic carbocycles. The second-order valence-corrected chi connectivity index (χ2v) is 8.10. The summed E-state index contributed by atoms with van der Waals surface area (Å²) in [4.78, 5) is 13.0. The monoisotopic (exact) mass is 366 g/mol. The van der Waals surface area contributed by atoms with Crippen molar-refractivity contribution in [3.63, 3.8) is 0 Å². The highest BCUT2D eigenvalue weighted by molar-refractivity contribution is 7.99. The van der Waals surface area contributed by atoms with Gasteiger partial charge in [-0.3, -0.25) is 0 Å². The van der Waals surface area contributed by atoms with Crippen molar-refractivity contribution in [2.24, 2.45) is 0 Å². The van der Waals surface area contributed by atoms with E-state index in [4.69, 9.17) is 4.74 Å². The Morgan fingerprint density at radius 2 is 2.04 bits per heavy atom. The van der Waals surface area contributed by atoms with Gasteiger partial charge in [-0.05, 0) is 65.1 Å². The number of methoxy groups -OCH3 is 1. The molecule has 4 heteroatoms. The molecule has 0 amide bonds. The highest BCUT2D eigenvalue weighted by atomic mass is 32.2. The summed E-state index contributed by atoms with van der Waals surface area (Å²) in [5, 5.41) is 9.60. The Kier molecular flexibility index (Phi) is 5.41. The average molecular weight is 366 g/mol. The molecule has 1 aliphatic heterocycles. The Morgan fingerprint density at radius 3 is 2.77 bits per heavy atom. The van der Waals surface area contributed by atoms with Gasteiger partial charge in [0.05, 0.1) is 19.3 Å². The molecule has 0 atom stereocenters. The van der Waals surface area contributed by atoms with Crippen molar-refractivity contribution >= 4 is 17.7 Å². The molecule has 134 valence electrons. The number of esters is 1. The molecule has 2 aromatic rings. The summed E-state index contributed by atoms with van der Waals surface area (Å²) < 4.78 is 4.72. The van der Waals surface area contributed by atoms with Crippen LogP contribution in [-0.4, -0.2) is 23.9 Å². The van der Waals surface area contributed by atoms with Gasteiger partial charge >= 0.3 is 5.97 Å². The van der Waals surface area contributed by atoms with Gasteiger partial charge in [-0.15, -0.1) is 11.8 Å². The fraction of sp³-hybridized carbons (Fsp3) is 0.318. The standard InChI is InChI=1S/C22H22O3S/c1-22(2)10-11-26-20-9-5-15(12-19(20)22)4-6-16-7-8-17(21(24)25-3)13-18(16)14-23/h5,7-9,12-13,23H,10-11,14H2,1-3H3. The summed E-state index contributed by atoms with van der Waals surface area (Å²) in [6, 6.07) is 11.4. The first-order valence-electron chi connectivity index (χ1n) is 8.56. The minimum Gasteiger partial charge on any atom is -0.465 e. The maximum Gasteiger partial charge on any atom is 0.337 e. The lowest BCUT2D eigenvalue weighted by Gasteiger charge is -2.32. The maximum atomic E-state index is 11.6. The van der Waals surface area contributed by atoms with E-state index < -0.39 is 5.97 Å². The van der Waals surface area contributed by atoms with Crippen molar-refractivity contribution in [2.45, 2.75) is 37.2 Å². The van der Waals surface area contributed by atoms with Crippen LogP contribution in [0.15, 0.2) is 41.3 Å². The van der Waals surface area contributed by atoms with Gasteiger partial charge in [0.1, 0.15) is 0 Å². The predicted octanol–water partition coefficient (Wildman–Crippen LogP) is 4.14. The van der Waals surface area contributed by atoms with Crippen LogP contribution in [0.5, 0.6) is 0 Å². The van der Waals surface area contributed by atoms with E-state index in [1.165, 1.54) is 17.6 Å². The molecule has 0 radical (unpaired) electrons. The lowest BCUT2D eigenvalue weighted by atomic mass is 9.81. The molecule has 0 fully saturated rings. The lowest BCUT2D eigenvalue weighted by Crippen LogP contribution is -2.22. The van der Waals surface area contributed by atoms with Crippen LogP contribution in [0.1, 0.15) is 52.9 Å². The normalized spacial score (nSPS) is 14.8. The SMILES string of the molecule is COC(=O)c1ccc(C#Cc2ccc3c(c2)C(C)(C)CCS3)c(CO)c1. The van der Waals surface area contributed by atoms with Crippen LogP contribution in [0, 0.1) is 11.8 Å². The quantitative estimate of drug-likeness (QED) is 0.641. The van der Waals surface area contributed by atoms with E-state index in [1.54, 1.807) is 18.2 Å². The molecule has 0 aromatic heterocycles. The number of hydrogen-bond acceptors (Lipinski definition) is 4. The molecule has 0 unspecified atom stereocenters. The second-order valence-electron chi connectivity index (χ2n) is 6.96. The zero-order valence-electron chi connectivity index (χ0n) is 15.3. The van der Waals surface area contributed by atoms with Crippen LogP contribution in [0.25, 0.3) is 0 Å². The highest BCUT2D eigenvalue weighted by Crippen LogP contribution is 2.41. The predicted molar refractivity (Wildman–Crippen MR) is 104 cm³/mol. The third kappa shape index (κ3) is 3.80. The Bertz CT molecular complexity index is 903. The van der Waals surface area contributed by atoms with Gasteiger partial charge in [0.15, 0.2) is 0 Å². The van der Waals surface area contributed by atoms with Crippen molar-refractivity contribution in [3.8, 4) is 11.8 Å². The molecule has 0 saturated carbocycles. The Labute approximate surface area is 158 Å². The first kappa shape index (κ1) is 18.6. The molecule has 1 aliphatic rings. The van der Waals surface area contributed by atoms with Crippen LogP contribution >= 0.6 is 11.8 Å². The molecule has 2 aromatic carbocycles. The third-order valence-corrected chi connectivity index (χ3v) is 5.81. The average Bonchev–Trinajstić information content (AvgIpc) is 2.65. The number of benzene rings is 2. The third-order valence-electron chi connectivity index (χ3n) is 4.73. The Balaban J connectivity index is 1.94. The number of aliphatic hydroxyl groups is 1. The van der Waals surface area contributed by atoms with E-state index in [-0.39, 0.29) is 12.0 Å². The lowest BCUT2D eigenvalue weighted by molar-refractivity contribution is 0.0600. The summed E-state index contributed by atoms with van der Waals surface area (Å²) in [7, 11) is 1.34. The van der Waals surface area contributed by atoms with Crippen LogP contribution < -0.4 is 0 Å². The van der Waals surface area contributed by atoms with Crippen LogP contribution in [0.4, 0.5) is 0 Å². The fourth-order valence-electron chi connectivity index (χ4n) is 3.04. The Hall–Kier alpha value is -2.22. The topological polar surface area (TPSA) is 46.5 Å². The van der Waals surface area contributed by atoms with Crippen molar-refractivity contribution in [1.29, 1.82) is 0 Å². The first-order valence-corrected chi connectivity index (χ1v) is 9.54. The summed E-state index contributed by atoms with van der Waals surface area (Å²) in [6.07, 6.45) is 1.16. The summed E-state index contributed by atoms with van der Waals surface area (Å²) in [6.45, 7) is 4.37. The molecule has 1 N–H and O–H groups in total. The van der Waals surface area contributed by atoms with E-state index in [0.29, 0.717) is 16.7 Å². The molecule has 0 spiro atoms. The Morgan fingerprint density at radius 1 is 1.23 bits per heavy atom. The number of aliphatic hydroxyl groups excluding tert-OH is 1. The number of ether oxygens (including phenoxy) is 1. The maximum absolute atomic E-state index is 11.6. The molecule has 1 heterocycles. The summed E-state index contributed by atoms with van der Waals surface area (Å²) >= 11 is 1.90. The zero-order valence-corrected chi connectivity index (χ0v) is 16.1. The largest absolute Gasteiger partial charge is 0.465 e. The molecule has 0 saturated heterocycles. The molecule has 3 rings (SSSR count). The van der Waals surface area contributed by atoms with Crippen molar-refractivity contribution in [3.05, 3.63) is 64.2 Å². The number of thioether (sulfide) groups is 1. The summed E-state index contributed by atoms with van der Waals surface area (Å²) in [5.41, 5.74) is 4.22. The molecular formula is C22H22O3S. The van der Waals surface area contributed by atoms with Gasteiger partial charge in [-0.25, -0.2) is 4.79 Å². The van der Waals surface area contributed by atoms with E-state index in [2.05, 4.69) is 37.8 Å². The van der Waals surface area contributed by atoms with E-state index in [1.807, 2.05) is 17.8 Å². The minimum atomic E-state index is -0.423. The smallest absolute Gasteiger partial charge is 0.337 e. The summed E-state index contributed by atoms with van der Waals surface area (Å²) in [5.74, 6) is 7.06. The number of fused-ring (bicyclic) bond motifs is 1. The molecular weight excluding hydrogens is 344 g/mol. The van der Waals surface area contributed by atoms with Gasteiger partial charge < -0.3 is 9.84 Å². The van der Waals surface area contributed by atoms with E-state index in [0.717, 1.165) is 17.7 Å². The second kappa shape index (κ2) is 7.57. The van der Waals surface area contributed by atoms with E-state index >= 15 is 0 Å². The first-order chi connectivity index (χ1) is 12.4. The van der Waals surface area contributed by atoms with Gasteiger partial charge in [-0.1, -0.05) is 25.7 Å². The molecule has 3 nitrogen and oxygen atoms in total. The van der Waals surface area contributed by atoms with Gasteiger partial charge in [0, 0.05) is 16.0 Å². The van der Waals surface area contributed by atoms with Crippen LogP contribution in [0.2, 0.25) is 0 Å². The van der Waals surface area contributed by atoms with E-state index in [9.17, 15) is 9.90 Å². The zero-order chi connectivity index (χ0) is 18.7. The van der Waals surface area contributed by atoms with Crippen LogP contribution in [0.3, 0.4) is 0 Å². The molecule has 0 bridgehead atoms. The number of hydrogen-bond donors (Lipinski definition) is 1. The van der Waals surface area contributed by atoms with Crippen molar-refractivity contribution in [2.75, 3.05) is 12.9 Å². The number of carbonyl (C=O) groups is 1. The number of rotatable bonds is 2. The fourth-order valence-corrected chi connectivity index (χ4v) is 4.53. The highest BCUT2D eigenvalue weighted by Gasteiger charge is 2.27. The minimum absolute atomic E-state index is 0.163. The number of carbonyl (C=O) groups excluding carboxylic acids is 1.